The van der Waals surface area contributed by atoms with Gasteiger partial charge in [-0.05, 0) is 48.9 Å². The standard InChI is InChI=1S/C21H19FN6O2/c22-15-5-2-13(3-6-15)19-18(16-7-4-14(20(23)30)12-28(16)27-19)21-25-10-8-17(26-21)24-9-1-11-29/h2-8,10,12,29H,1,9,11H2,(H2,23,30)(H,24,25,26). The number of carbonyl (C=O) groups excluding carboxylic acids is 1. The van der Waals surface area contributed by atoms with E-state index >= 15 is 0 Å². The predicted molar refractivity (Wildman–Crippen MR) is 110 cm³/mol. The molecule has 0 radical (unpaired) electrons. The summed E-state index contributed by atoms with van der Waals surface area (Å²) in [6.07, 6.45) is 3.75. The lowest BCUT2D eigenvalue weighted by molar-refractivity contribution is 0.0999. The highest BCUT2D eigenvalue weighted by molar-refractivity contribution is 5.95. The molecule has 1 aromatic carbocycles. The van der Waals surface area contributed by atoms with Crippen molar-refractivity contribution >= 4 is 17.2 Å². The first-order valence-electron chi connectivity index (χ1n) is 9.33. The highest BCUT2D eigenvalue weighted by Gasteiger charge is 2.20. The minimum Gasteiger partial charge on any atom is -0.396 e. The van der Waals surface area contributed by atoms with Crippen molar-refractivity contribution in [1.29, 1.82) is 0 Å². The molecule has 0 saturated carbocycles. The van der Waals surface area contributed by atoms with E-state index in [1.807, 2.05) is 0 Å². The van der Waals surface area contributed by atoms with Gasteiger partial charge in [0.2, 0.25) is 5.91 Å². The second kappa shape index (κ2) is 8.26. The molecule has 0 spiro atoms. The molecule has 4 rings (SSSR count). The van der Waals surface area contributed by atoms with Crippen LogP contribution in [0.4, 0.5) is 10.2 Å². The topological polar surface area (TPSA) is 118 Å². The van der Waals surface area contributed by atoms with Crippen LogP contribution in [0, 0.1) is 5.82 Å². The fourth-order valence-corrected chi connectivity index (χ4v) is 3.10. The van der Waals surface area contributed by atoms with E-state index in [4.69, 9.17) is 10.8 Å². The van der Waals surface area contributed by atoms with Crippen LogP contribution in [0.3, 0.4) is 0 Å². The van der Waals surface area contributed by atoms with E-state index in [0.717, 1.165) is 0 Å². The Hall–Kier alpha value is -3.85. The number of amides is 1. The summed E-state index contributed by atoms with van der Waals surface area (Å²) in [5, 5.41) is 16.7. The number of primary amides is 1. The summed E-state index contributed by atoms with van der Waals surface area (Å²) in [6, 6.07) is 11.0. The normalized spacial score (nSPS) is 11.0. The van der Waals surface area contributed by atoms with Gasteiger partial charge in [0, 0.05) is 31.1 Å². The highest BCUT2D eigenvalue weighted by Crippen LogP contribution is 2.34. The van der Waals surface area contributed by atoms with Gasteiger partial charge in [0.05, 0.1) is 16.6 Å². The number of rotatable bonds is 7. The monoisotopic (exact) mass is 406 g/mol. The maximum atomic E-state index is 13.4. The molecule has 3 heterocycles. The van der Waals surface area contributed by atoms with E-state index < -0.39 is 5.91 Å². The van der Waals surface area contributed by atoms with Gasteiger partial charge in [-0.2, -0.15) is 5.10 Å². The largest absolute Gasteiger partial charge is 0.396 e. The molecular weight excluding hydrogens is 387 g/mol. The average Bonchev–Trinajstić information content (AvgIpc) is 3.13. The van der Waals surface area contributed by atoms with Gasteiger partial charge >= 0.3 is 0 Å². The number of nitrogens with two attached hydrogens (primary N) is 1. The van der Waals surface area contributed by atoms with Crippen molar-refractivity contribution in [3.8, 4) is 22.6 Å². The van der Waals surface area contributed by atoms with Gasteiger partial charge in [-0.3, -0.25) is 4.79 Å². The maximum absolute atomic E-state index is 13.4. The van der Waals surface area contributed by atoms with Gasteiger partial charge < -0.3 is 16.2 Å². The van der Waals surface area contributed by atoms with Crippen molar-refractivity contribution in [3.05, 3.63) is 66.2 Å². The molecule has 30 heavy (non-hydrogen) atoms. The number of aromatic nitrogens is 4. The van der Waals surface area contributed by atoms with Gasteiger partial charge in [0.25, 0.3) is 0 Å². The quantitative estimate of drug-likeness (QED) is 0.406. The van der Waals surface area contributed by atoms with Crippen LogP contribution >= 0.6 is 0 Å². The van der Waals surface area contributed by atoms with Gasteiger partial charge in [0.1, 0.15) is 17.3 Å². The molecular formula is C21H19FN6O2. The third kappa shape index (κ3) is 3.83. The molecule has 0 aliphatic carbocycles. The van der Waals surface area contributed by atoms with Crippen molar-refractivity contribution in [1.82, 2.24) is 19.6 Å². The van der Waals surface area contributed by atoms with Crippen molar-refractivity contribution in [3.63, 3.8) is 0 Å². The van der Waals surface area contributed by atoms with Crippen LogP contribution in [0.1, 0.15) is 16.8 Å². The fourth-order valence-electron chi connectivity index (χ4n) is 3.10. The second-order valence-corrected chi connectivity index (χ2v) is 6.61. The maximum Gasteiger partial charge on any atom is 0.250 e. The molecule has 4 aromatic rings. The first kappa shape index (κ1) is 19.5. The number of halogens is 1. The Balaban J connectivity index is 1.88. The molecule has 8 nitrogen and oxygen atoms in total. The summed E-state index contributed by atoms with van der Waals surface area (Å²) in [4.78, 5) is 20.5. The van der Waals surface area contributed by atoms with E-state index in [1.54, 1.807) is 41.0 Å². The lowest BCUT2D eigenvalue weighted by Gasteiger charge is -2.07. The van der Waals surface area contributed by atoms with E-state index in [-0.39, 0.29) is 12.4 Å². The SMILES string of the molecule is NC(=O)c1ccc2c(-c3nccc(NCCCO)n3)c(-c3ccc(F)cc3)nn2c1. The highest BCUT2D eigenvalue weighted by atomic mass is 19.1. The van der Waals surface area contributed by atoms with E-state index in [2.05, 4.69) is 20.4 Å². The lowest BCUT2D eigenvalue weighted by atomic mass is 10.1. The Morgan fingerprint density at radius 3 is 2.70 bits per heavy atom. The summed E-state index contributed by atoms with van der Waals surface area (Å²) in [7, 11) is 0. The number of carbonyl (C=O) groups is 1. The van der Waals surface area contributed by atoms with E-state index in [0.29, 0.717) is 52.5 Å². The fraction of sp³-hybridized carbons (Fsp3) is 0.143. The molecule has 1 amide bonds. The van der Waals surface area contributed by atoms with E-state index in [1.165, 1.54) is 18.3 Å². The molecule has 0 atom stereocenters. The lowest BCUT2D eigenvalue weighted by Crippen LogP contribution is -2.11. The number of aliphatic hydroxyl groups is 1. The number of hydrogen-bond donors (Lipinski definition) is 3. The van der Waals surface area contributed by atoms with Gasteiger partial charge in [0.15, 0.2) is 5.82 Å². The average molecular weight is 406 g/mol. The predicted octanol–water partition coefficient (Wildman–Crippen LogP) is 2.49. The van der Waals surface area contributed by atoms with Crippen LogP contribution in [0.15, 0.2) is 54.9 Å². The first-order valence-corrected chi connectivity index (χ1v) is 9.33. The number of aliphatic hydroxyl groups excluding tert-OH is 1. The number of fused-ring (bicyclic) bond motifs is 1. The molecule has 0 saturated heterocycles. The van der Waals surface area contributed by atoms with Crippen LogP contribution in [-0.2, 0) is 0 Å². The Morgan fingerprint density at radius 2 is 1.97 bits per heavy atom. The molecule has 0 bridgehead atoms. The number of hydrogen-bond acceptors (Lipinski definition) is 6. The number of anilines is 1. The van der Waals surface area contributed by atoms with Gasteiger partial charge in [-0.25, -0.2) is 18.9 Å². The molecule has 152 valence electrons. The smallest absolute Gasteiger partial charge is 0.250 e. The number of benzene rings is 1. The summed E-state index contributed by atoms with van der Waals surface area (Å²) < 4.78 is 15.0. The van der Waals surface area contributed by atoms with Gasteiger partial charge in [-0.1, -0.05) is 0 Å². The molecule has 9 heteroatoms. The van der Waals surface area contributed by atoms with Crippen molar-refractivity contribution in [2.75, 3.05) is 18.5 Å². The summed E-state index contributed by atoms with van der Waals surface area (Å²) in [5.41, 5.74) is 8.24. The summed E-state index contributed by atoms with van der Waals surface area (Å²) in [6.45, 7) is 0.643. The zero-order chi connectivity index (χ0) is 21.1. The second-order valence-electron chi connectivity index (χ2n) is 6.61. The third-order valence-corrected chi connectivity index (χ3v) is 4.55. The minimum absolute atomic E-state index is 0.0793. The molecule has 3 aromatic heterocycles. The van der Waals surface area contributed by atoms with Crippen LogP contribution in [-0.4, -0.2) is 43.7 Å². The molecule has 0 aliphatic rings. The number of nitrogens with one attached hydrogen (secondary N) is 1. The van der Waals surface area contributed by atoms with Crippen molar-refractivity contribution in [2.45, 2.75) is 6.42 Å². The molecule has 0 aliphatic heterocycles. The zero-order valence-corrected chi connectivity index (χ0v) is 15.9. The Labute approximate surface area is 171 Å². The molecule has 0 fully saturated rings. The first-order chi connectivity index (χ1) is 14.6. The summed E-state index contributed by atoms with van der Waals surface area (Å²) >= 11 is 0. The zero-order valence-electron chi connectivity index (χ0n) is 15.9. The minimum atomic E-state index is -0.566. The molecule has 0 unspecified atom stereocenters. The number of pyridine rings is 1. The van der Waals surface area contributed by atoms with Crippen LogP contribution < -0.4 is 11.1 Å². The van der Waals surface area contributed by atoms with Crippen molar-refractivity contribution in [2.24, 2.45) is 5.73 Å². The summed E-state index contributed by atoms with van der Waals surface area (Å²) in [5.74, 6) is 0.104. The Kier molecular flexibility index (Phi) is 5.36. The van der Waals surface area contributed by atoms with Crippen molar-refractivity contribution < 1.29 is 14.3 Å². The molecule has 4 N–H and O–H groups in total. The third-order valence-electron chi connectivity index (χ3n) is 4.55. The van der Waals surface area contributed by atoms with Crippen LogP contribution in [0.25, 0.3) is 28.2 Å². The Morgan fingerprint density at radius 1 is 1.17 bits per heavy atom. The Bertz CT molecular complexity index is 1210. The van der Waals surface area contributed by atoms with Crippen LogP contribution in [0.2, 0.25) is 0 Å². The van der Waals surface area contributed by atoms with Gasteiger partial charge in [-0.15, -0.1) is 0 Å². The van der Waals surface area contributed by atoms with Crippen LogP contribution in [0.5, 0.6) is 0 Å². The number of nitrogens with zero attached hydrogens (tertiary/aromatic N) is 4. The van der Waals surface area contributed by atoms with E-state index in [9.17, 15) is 9.18 Å².